The van der Waals surface area contributed by atoms with Gasteiger partial charge in [-0.3, -0.25) is 0 Å². The number of hydrogen-bond donors (Lipinski definition) is 1. The maximum absolute atomic E-state index is 10.7. The van der Waals surface area contributed by atoms with Crippen LogP contribution in [0.3, 0.4) is 0 Å². The van der Waals surface area contributed by atoms with Gasteiger partial charge in [0.25, 0.3) is 0 Å². The molecule has 31 heavy (non-hydrogen) atoms. The Kier molecular flexibility index (Phi) is 8.01. The third kappa shape index (κ3) is 6.28. The molecule has 0 aromatic heterocycles. The second-order valence-electron chi connectivity index (χ2n) is 6.33. The van der Waals surface area contributed by atoms with Gasteiger partial charge in [-0.2, -0.15) is 0 Å². The van der Waals surface area contributed by atoms with Crippen LogP contribution in [0.5, 0.6) is 5.75 Å². The van der Waals surface area contributed by atoms with Gasteiger partial charge < -0.3 is 10.2 Å². The van der Waals surface area contributed by atoms with Crippen molar-refractivity contribution in [3.8, 4) is 5.75 Å². The van der Waals surface area contributed by atoms with Gasteiger partial charge in [0, 0.05) is 10.0 Å². The molecule has 0 fully saturated rings. The average Bonchev–Trinajstić information content (AvgIpc) is 2.78. The quantitative estimate of drug-likeness (QED) is 0.345. The minimum atomic E-state index is -1.18. The van der Waals surface area contributed by atoms with Crippen LogP contribution in [-0.2, 0) is 10.9 Å². The molecule has 4 rings (SSSR count). The minimum absolute atomic E-state index is 0.148. The molecule has 6 heteroatoms. The zero-order valence-corrected chi connectivity index (χ0v) is 18.6. The Labute approximate surface area is 193 Å². The van der Waals surface area contributed by atoms with Gasteiger partial charge in [0.2, 0.25) is 0 Å². The zero-order valence-electron chi connectivity index (χ0n) is 16.2. The van der Waals surface area contributed by atoms with E-state index in [1.165, 1.54) is 39.0 Å². The van der Waals surface area contributed by atoms with Gasteiger partial charge in [-0.25, -0.2) is 4.79 Å². The van der Waals surface area contributed by atoms with Gasteiger partial charge in [-0.1, -0.05) is 65.3 Å². The fourth-order valence-electron chi connectivity index (χ4n) is 2.75. The van der Waals surface area contributed by atoms with Crippen LogP contribution >= 0.6 is 23.2 Å². The fraction of sp³-hybridized carbons (Fsp3) is 0. The number of rotatable bonds is 4. The van der Waals surface area contributed by atoms with E-state index in [1.807, 2.05) is 30.3 Å². The van der Waals surface area contributed by atoms with E-state index < -0.39 is 11.7 Å². The molecule has 4 aromatic carbocycles. The SMILES string of the molecule is Clc1ccc([S+](c2ccccc2)c2ccc(Cl)cc2)cc1.O=C(O)c1ccccc1[O-]. The van der Waals surface area contributed by atoms with E-state index >= 15 is 0 Å². The van der Waals surface area contributed by atoms with E-state index in [9.17, 15) is 9.90 Å². The topological polar surface area (TPSA) is 60.4 Å². The van der Waals surface area contributed by atoms with Crippen molar-refractivity contribution >= 4 is 40.1 Å². The number of hydrogen-bond acceptors (Lipinski definition) is 2. The number of benzene rings is 4. The minimum Gasteiger partial charge on any atom is -0.872 e. The molecule has 0 saturated heterocycles. The summed E-state index contributed by atoms with van der Waals surface area (Å²) in [5.41, 5.74) is -0.178. The lowest BCUT2D eigenvalue weighted by atomic mass is 10.2. The van der Waals surface area contributed by atoms with Crippen molar-refractivity contribution in [1.82, 2.24) is 0 Å². The molecule has 0 heterocycles. The molecule has 0 spiro atoms. The van der Waals surface area contributed by atoms with Gasteiger partial charge >= 0.3 is 5.97 Å². The summed E-state index contributed by atoms with van der Waals surface area (Å²) in [7, 11) is -0.148. The highest BCUT2D eigenvalue weighted by atomic mass is 35.5. The van der Waals surface area contributed by atoms with E-state index in [4.69, 9.17) is 28.3 Å². The molecule has 0 aliphatic heterocycles. The molecule has 0 unspecified atom stereocenters. The lowest BCUT2D eigenvalue weighted by Crippen LogP contribution is -2.04. The zero-order chi connectivity index (χ0) is 22.2. The Balaban J connectivity index is 0.000000229. The summed E-state index contributed by atoms with van der Waals surface area (Å²) in [4.78, 5) is 14.0. The summed E-state index contributed by atoms with van der Waals surface area (Å²) in [5.74, 6) is -1.62. The smallest absolute Gasteiger partial charge is 0.335 e. The highest BCUT2D eigenvalue weighted by Crippen LogP contribution is 2.32. The molecule has 0 aliphatic rings. The largest absolute Gasteiger partial charge is 0.872 e. The first-order chi connectivity index (χ1) is 15.0. The third-order valence-electron chi connectivity index (χ3n) is 4.20. The van der Waals surface area contributed by atoms with Crippen molar-refractivity contribution in [2.24, 2.45) is 0 Å². The third-order valence-corrected chi connectivity index (χ3v) is 6.93. The summed E-state index contributed by atoms with van der Waals surface area (Å²) in [5, 5.41) is 20.6. The monoisotopic (exact) mass is 468 g/mol. The maximum Gasteiger partial charge on any atom is 0.335 e. The van der Waals surface area contributed by atoms with Crippen LogP contribution in [0.1, 0.15) is 10.4 Å². The molecular weight excluding hydrogens is 451 g/mol. The first-order valence-electron chi connectivity index (χ1n) is 9.25. The van der Waals surface area contributed by atoms with Crippen molar-refractivity contribution in [3.05, 3.63) is 119 Å². The van der Waals surface area contributed by atoms with Crippen LogP contribution < -0.4 is 5.11 Å². The van der Waals surface area contributed by atoms with Crippen LogP contribution in [0.15, 0.2) is 118 Å². The van der Waals surface area contributed by atoms with E-state index in [0.29, 0.717) is 0 Å². The highest BCUT2D eigenvalue weighted by Gasteiger charge is 2.28. The molecule has 0 radical (unpaired) electrons. The normalized spacial score (nSPS) is 10.3. The fourth-order valence-corrected chi connectivity index (χ4v) is 5.06. The summed E-state index contributed by atoms with van der Waals surface area (Å²) in [6.45, 7) is 0. The molecule has 0 atom stereocenters. The van der Waals surface area contributed by atoms with Crippen LogP contribution in [0.25, 0.3) is 0 Å². The van der Waals surface area contributed by atoms with Gasteiger partial charge in [0.15, 0.2) is 14.7 Å². The average molecular weight is 469 g/mol. The van der Waals surface area contributed by atoms with E-state index in [-0.39, 0.29) is 16.5 Å². The van der Waals surface area contributed by atoms with Crippen molar-refractivity contribution in [1.29, 1.82) is 0 Å². The van der Waals surface area contributed by atoms with Crippen molar-refractivity contribution in [3.63, 3.8) is 0 Å². The number of halogens is 2. The Morgan fingerprint density at radius 3 is 1.48 bits per heavy atom. The van der Waals surface area contributed by atoms with Crippen LogP contribution in [0.2, 0.25) is 10.0 Å². The van der Waals surface area contributed by atoms with Gasteiger partial charge in [-0.05, 0) is 66.7 Å². The lowest BCUT2D eigenvalue weighted by molar-refractivity contribution is -0.268. The summed E-state index contributed by atoms with van der Waals surface area (Å²) in [6.07, 6.45) is 0. The number of carboxylic acids is 1. The Morgan fingerprint density at radius 1 is 0.645 bits per heavy atom. The van der Waals surface area contributed by atoms with Crippen molar-refractivity contribution < 1.29 is 15.0 Å². The molecule has 3 nitrogen and oxygen atoms in total. The molecule has 0 aliphatic carbocycles. The predicted octanol–water partition coefficient (Wildman–Crippen LogP) is 6.55. The van der Waals surface area contributed by atoms with Gasteiger partial charge in [0.1, 0.15) is 0 Å². The Morgan fingerprint density at radius 2 is 1.06 bits per heavy atom. The second kappa shape index (κ2) is 10.9. The van der Waals surface area contributed by atoms with E-state index in [2.05, 4.69) is 48.5 Å². The number of para-hydroxylation sites is 1. The molecule has 156 valence electrons. The number of carbonyl (C=O) groups is 1. The van der Waals surface area contributed by atoms with Crippen LogP contribution in [0.4, 0.5) is 0 Å². The van der Waals surface area contributed by atoms with Gasteiger partial charge in [-0.15, -0.1) is 0 Å². The number of carboxylic acid groups (broad SMARTS) is 1. The lowest BCUT2D eigenvalue weighted by Gasteiger charge is -2.08. The first kappa shape index (κ1) is 22.8. The Hall–Kier alpha value is -2.92. The molecule has 0 saturated carbocycles. The molecule has 4 aromatic rings. The number of aromatic carboxylic acids is 1. The molecular formula is C25H18Cl2O3S. The molecule has 0 bridgehead atoms. The summed E-state index contributed by atoms with van der Waals surface area (Å²) >= 11 is 12.0. The van der Waals surface area contributed by atoms with Crippen LogP contribution in [-0.4, -0.2) is 11.1 Å². The van der Waals surface area contributed by atoms with Gasteiger partial charge in [0.05, 0.1) is 16.5 Å². The first-order valence-corrected chi connectivity index (χ1v) is 11.2. The summed E-state index contributed by atoms with van der Waals surface area (Å²) in [6, 6.07) is 32.2. The molecule has 1 N–H and O–H groups in total. The highest BCUT2D eigenvalue weighted by molar-refractivity contribution is 7.97. The predicted molar refractivity (Wildman–Crippen MR) is 124 cm³/mol. The Bertz CT molecular complexity index is 1090. The summed E-state index contributed by atoms with van der Waals surface area (Å²) < 4.78 is 0. The standard InChI is InChI=1S/C18H13Cl2S.C7H6O3/c19-14-6-10-17(11-7-14)21(16-4-2-1-3-5-16)18-12-8-15(20)9-13-18;8-6-4-2-1-3-5(6)7(9)10/h1-13H;1-4,8H,(H,9,10)/q+1;/p-1. The van der Waals surface area contributed by atoms with Crippen LogP contribution in [0, 0.1) is 0 Å². The van der Waals surface area contributed by atoms with Crippen molar-refractivity contribution in [2.45, 2.75) is 14.7 Å². The second-order valence-corrected chi connectivity index (χ2v) is 9.23. The maximum atomic E-state index is 10.7. The molecule has 0 amide bonds. The van der Waals surface area contributed by atoms with Crippen molar-refractivity contribution in [2.75, 3.05) is 0 Å². The van der Waals surface area contributed by atoms with E-state index in [1.54, 1.807) is 0 Å². The van der Waals surface area contributed by atoms with E-state index in [0.717, 1.165) is 10.0 Å².